The fourth-order valence-electron chi connectivity index (χ4n) is 3.81. The second-order valence-electron chi connectivity index (χ2n) is 7.93. The first-order valence-corrected chi connectivity index (χ1v) is 11.7. The van der Waals surface area contributed by atoms with Crippen LogP contribution in [0.4, 0.5) is 0 Å². The van der Waals surface area contributed by atoms with Gasteiger partial charge in [0.25, 0.3) is 0 Å². The van der Waals surface area contributed by atoms with E-state index in [1.54, 1.807) is 14.0 Å². The summed E-state index contributed by atoms with van der Waals surface area (Å²) in [6, 6.07) is 3.97. The highest BCUT2D eigenvalue weighted by atomic mass is 32.2. The van der Waals surface area contributed by atoms with E-state index < -0.39 is 10.0 Å². The Hall–Kier alpha value is -1.60. The summed E-state index contributed by atoms with van der Waals surface area (Å²) in [5, 5.41) is 3.10. The zero-order valence-electron chi connectivity index (χ0n) is 17.9. The number of piperidine rings is 1. The summed E-state index contributed by atoms with van der Waals surface area (Å²) in [6.07, 6.45) is 1.43. The second kappa shape index (κ2) is 9.27. The molecule has 0 bridgehead atoms. The third kappa shape index (κ3) is 5.06. The average molecular weight is 411 g/mol. The van der Waals surface area contributed by atoms with Crippen LogP contribution < -0.4 is 10.1 Å². The maximum atomic E-state index is 12.8. The van der Waals surface area contributed by atoms with Gasteiger partial charge in [-0.15, -0.1) is 0 Å². The van der Waals surface area contributed by atoms with E-state index in [2.05, 4.69) is 25.2 Å². The van der Waals surface area contributed by atoms with Crippen LogP contribution in [0, 0.1) is 12.8 Å². The van der Waals surface area contributed by atoms with Gasteiger partial charge in [-0.25, -0.2) is 12.7 Å². The van der Waals surface area contributed by atoms with Crippen LogP contribution in [0.15, 0.2) is 12.1 Å². The van der Waals surface area contributed by atoms with E-state index in [0.29, 0.717) is 25.3 Å². The Morgan fingerprint density at radius 1 is 1.29 bits per heavy atom. The molecular weight excluding hydrogens is 376 g/mol. The SMILES string of the molecule is CCS(=O)(=O)N1CCC[C@@H](C(=O)N[C@H](C)c2cc(C(C)C)c(OC)cc2C)C1. The van der Waals surface area contributed by atoms with E-state index >= 15 is 0 Å². The monoisotopic (exact) mass is 410 g/mol. The van der Waals surface area contributed by atoms with Crippen LogP contribution in [-0.2, 0) is 14.8 Å². The largest absolute Gasteiger partial charge is 0.496 e. The van der Waals surface area contributed by atoms with E-state index in [0.717, 1.165) is 22.4 Å². The predicted octanol–water partition coefficient (Wildman–Crippen LogP) is 3.37. The highest BCUT2D eigenvalue weighted by Gasteiger charge is 2.32. The summed E-state index contributed by atoms with van der Waals surface area (Å²) in [5.74, 6) is 0.858. The lowest BCUT2D eigenvalue weighted by Gasteiger charge is -2.31. The van der Waals surface area contributed by atoms with Gasteiger partial charge in [0.1, 0.15) is 5.75 Å². The fourth-order valence-corrected chi connectivity index (χ4v) is 4.99. The van der Waals surface area contributed by atoms with Crippen molar-refractivity contribution < 1.29 is 17.9 Å². The van der Waals surface area contributed by atoms with Gasteiger partial charge in [0, 0.05) is 13.1 Å². The molecule has 0 saturated carbocycles. The smallest absolute Gasteiger partial charge is 0.224 e. The van der Waals surface area contributed by atoms with Crippen molar-refractivity contribution in [3.05, 3.63) is 28.8 Å². The van der Waals surface area contributed by atoms with Crippen LogP contribution >= 0.6 is 0 Å². The molecule has 6 nitrogen and oxygen atoms in total. The van der Waals surface area contributed by atoms with E-state index in [9.17, 15) is 13.2 Å². The fraction of sp³-hybridized carbons (Fsp3) is 0.667. The van der Waals surface area contributed by atoms with Crippen LogP contribution in [0.1, 0.15) is 69.2 Å². The first kappa shape index (κ1) is 22.7. The molecule has 0 radical (unpaired) electrons. The van der Waals surface area contributed by atoms with Gasteiger partial charge in [0.05, 0.1) is 24.8 Å². The molecule has 158 valence electrons. The Balaban J connectivity index is 2.15. The molecule has 1 aliphatic heterocycles. The molecule has 2 rings (SSSR count). The number of carbonyl (C=O) groups is 1. The van der Waals surface area contributed by atoms with E-state index in [4.69, 9.17) is 4.74 Å². The molecule has 0 aliphatic carbocycles. The molecule has 1 amide bonds. The number of benzene rings is 1. The number of sulfonamides is 1. The number of rotatable bonds is 7. The van der Waals surface area contributed by atoms with Gasteiger partial charge < -0.3 is 10.1 Å². The maximum absolute atomic E-state index is 12.8. The number of nitrogens with one attached hydrogen (secondary N) is 1. The molecule has 0 unspecified atom stereocenters. The molecule has 1 heterocycles. The first-order chi connectivity index (χ1) is 13.1. The van der Waals surface area contributed by atoms with Gasteiger partial charge in [0.2, 0.25) is 15.9 Å². The molecule has 0 aromatic heterocycles. The van der Waals surface area contributed by atoms with Gasteiger partial charge in [-0.2, -0.15) is 0 Å². The van der Waals surface area contributed by atoms with Crippen molar-refractivity contribution in [1.29, 1.82) is 0 Å². The van der Waals surface area contributed by atoms with Crippen molar-refractivity contribution in [3.63, 3.8) is 0 Å². The first-order valence-electron chi connectivity index (χ1n) is 10.1. The van der Waals surface area contributed by atoms with Crippen molar-refractivity contribution in [1.82, 2.24) is 9.62 Å². The Bertz CT molecular complexity index is 805. The van der Waals surface area contributed by atoms with Crippen LogP contribution in [-0.4, -0.2) is 44.6 Å². The normalized spacial score (nSPS) is 19.5. The average Bonchev–Trinajstić information content (AvgIpc) is 2.67. The number of nitrogens with zero attached hydrogens (tertiary/aromatic N) is 1. The molecular formula is C21H34N2O4S. The zero-order valence-corrected chi connectivity index (χ0v) is 18.7. The topological polar surface area (TPSA) is 75.7 Å². The van der Waals surface area contributed by atoms with Gasteiger partial charge in [-0.05, 0) is 68.4 Å². The minimum Gasteiger partial charge on any atom is -0.496 e. The summed E-state index contributed by atoms with van der Waals surface area (Å²) in [5.41, 5.74) is 3.24. The van der Waals surface area contributed by atoms with Crippen LogP contribution in [0.25, 0.3) is 0 Å². The van der Waals surface area contributed by atoms with Crippen molar-refractivity contribution in [2.75, 3.05) is 26.0 Å². The van der Waals surface area contributed by atoms with Crippen molar-refractivity contribution in [2.45, 2.75) is 59.4 Å². The zero-order chi connectivity index (χ0) is 21.1. The number of hydrogen-bond donors (Lipinski definition) is 1. The molecule has 28 heavy (non-hydrogen) atoms. The molecule has 1 fully saturated rings. The lowest BCUT2D eigenvalue weighted by atomic mass is 9.92. The summed E-state index contributed by atoms with van der Waals surface area (Å²) >= 11 is 0. The number of amides is 1. The molecule has 0 spiro atoms. The Kier molecular flexibility index (Phi) is 7.51. The quantitative estimate of drug-likeness (QED) is 0.748. The Morgan fingerprint density at radius 3 is 2.54 bits per heavy atom. The number of aryl methyl sites for hydroxylation is 1. The third-order valence-electron chi connectivity index (χ3n) is 5.58. The van der Waals surface area contributed by atoms with Gasteiger partial charge in [0.15, 0.2) is 0 Å². The van der Waals surface area contributed by atoms with Gasteiger partial charge in [-0.1, -0.05) is 13.8 Å². The summed E-state index contributed by atoms with van der Waals surface area (Å²) < 4.78 is 31.3. The van der Waals surface area contributed by atoms with Crippen molar-refractivity contribution >= 4 is 15.9 Å². The lowest BCUT2D eigenvalue weighted by Crippen LogP contribution is -2.46. The van der Waals surface area contributed by atoms with Crippen LogP contribution in [0.3, 0.4) is 0 Å². The number of ether oxygens (including phenoxy) is 1. The summed E-state index contributed by atoms with van der Waals surface area (Å²) in [7, 11) is -1.59. The Labute approximate surface area is 169 Å². The molecule has 1 aliphatic rings. The van der Waals surface area contributed by atoms with Crippen molar-refractivity contribution in [2.24, 2.45) is 5.92 Å². The number of hydrogen-bond acceptors (Lipinski definition) is 4. The molecule has 1 N–H and O–H groups in total. The number of methoxy groups -OCH3 is 1. The van der Waals surface area contributed by atoms with E-state index in [-0.39, 0.29) is 30.2 Å². The molecule has 1 aromatic rings. The minimum absolute atomic E-state index is 0.0702. The van der Waals surface area contributed by atoms with Gasteiger partial charge >= 0.3 is 0 Å². The number of carbonyl (C=O) groups excluding carboxylic acids is 1. The third-order valence-corrected chi connectivity index (χ3v) is 7.43. The summed E-state index contributed by atoms with van der Waals surface area (Å²) in [6.45, 7) is 10.6. The van der Waals surface area contributed by atoms with Crippen molar-refractivity contribution in [3.8, 4) is 5.75 Å². The standard InChI is InChI=1S/C21H34N2O4S/c1-7-28(25,26)23-10-8-9-17(13-23)21(24)22-16(5)19-12-18(14(2)3)20(27-6)11-15(19)4/h11-12,14,16-17H,7-10,13H2,1-6H3,(H,22,24)/t16-,17-/m1/s1. The van der Waals surface area contributed by atoms with E-state index in [1.807, 2.05) is 19.9 Å². The lowest BCUT2D eigenvalue weighted by molar-refractivity contribution is -0.126. The molecule has 7 heteroatoms. The van der Waals surface area contributed by atoms with E-state index in [1.165, 1.54) is 4.31 Å². The molecule has 2 atom stereocenters. The van der Waals surface area contributed by atoms with Gasteiger partial charge in [-0.3, -0.25) is 4.79 Å². The predicted molar refractivity (Wildman–Crippen MR) is 112 cm³/mol. The highest BCUT2D eigenvalue weighted by Crippen LogP contribution is 2.32. The van der Waals surface area contributed by atoms with Crippen LogP contribution in [0.5, 0.6) is 5.75 Å². The second-order valence-corrected chi connectivity index (χ2v) is 10.2. The summed E-state index contributed by atoms with van der Waals surface area (Å²) in [4.78, 5) is 12.8. The highest BCUT2D eigenvalue weighted by molar-refractivity contribution is 7.89. The Morgan fingerprint density at radius 2 is 1.96 bits per heavy atom. The van der Waals surface area contributed by atoms with Crippen LogP contribution in [0.2, 0.25) is 0 Å². The molecule has 1 saturated heterocycles. The minimum atomic E-state index is -3.26. The molecule has 1 aromatic carbocycles. The maximum Gasteiger partial charge on any atom is 0.224 e.